The Kier molecular flexibility index (Phi) is 5.94. The first-order chi connectivity index (χ1) is 14.5. The van der Waals surface area contributed by atoms with Gasteiger partial charge in [0.05, 0.1) is 23.9 Å². The topological polar surface area (TPSA) is 65.5 Å². The van der Waals surface area contributed by atoms with Gasteiger partial charge in [0, 0.05) is 35.3 Å². The van der Waals surface area contributed by atoms with Gasteiger partial charge < -0.3 is 10.4 Å². The molecular formula is C23H24FN3O2S. The van der Waals surface area contributed by atoms with Gasteiger partial charge in [-0.3, -0.25) is 14.7 Å². The van der Waals surface area contributed by atoms with Gasteiger partial charge in [0.1, 0.15) is 5.82 Å². The Morgan fingerprint density at radius 3 is 2.80 bits per heavy atom. The third-order valence-corrected chi connectivity index (χ3v) is 6.61. The molecule has 3 unspecified atom stereocenters. The van der Waals surface area contributed by atoms with Gasteiger partial charge in [-0.2, -0.15) is 0 Å². The average molecular weight is 426 g/mol. The third-order valence-electron chi connectivity index (χ3n) is 5.67. The van der Waals surface area contributed by atoms with Crippen LogP contribution in [0.4, 0.5) is 4.39 Å². The molecule has 1 saturated heterocycles. The number of nitrogens with one attached hydrogen (secondary N) is 1. The summed E-state index contributed by atoms with van der Waals surface area (Å²) in [5.74, 6) is -0.594. The number of aromatic nitrogens is 1. The number of hydrogen-bond donors (Lipinski definition) is 2. The molecule has 3 aromatic rings. The van der Waals surface area contributed by atoms with E-state index in [0.29, 0.717) is 30.6 Å². The monoisotopic (exact) mass is 425 g/mol. The van der Waals surface area contributed by atoms with E-state index >= 15 is 0 Å². The van der Waals surface area contributed by atoms with E-state index in [9.17, 15) is 14.3 Å². The molecule has 5 nitrogen and oxygen atoms in total. The molecule has 7 heteroatoms. The van der Waals surface area contributed by atoms with Crippen LogP contribution in [0.1, 0.15) is 40.2 Å². The molecule has 0 spiro atoms. The summed E-state index contributed by atoms with van der Waals surface area (Å²) in [6.45, 7) is 2.70. The van der Waals surface area contributed by atoms with Gasteiger partial charge in [-0.15, -0.1) is 11.3 Å². The first-order valence-corrected chi connectivity index (χ1v) is 10.8. The van der Waals surface area contributed by atoms with Gasteiger partial charge >= 0.3 is 0 Å². The number of thiophene rings is 1. The van der Waals surface area contributed by atoms with Crippen molar-refractivity contribution in [2.24, 2.45) is 0 Å². The van der Waals surface area contributed by atoms with Crippen molar-refractivity contribution in [1.29, 1.82) is 0 Å². The van der Waals surface area contributed by atoms with Crippen molar-refractivity contribution in [2.45, 2.75) is 37.6 Å². The number of piperidine rings is 1. The van der Waals surface area contributed by atoms with Crippen molar-refractivity contribution in [3.05, 3.63) is 88.1 Å². The van der Waals surface area contributed by atoms with E-state index in [2.05, 4.69) is 15.2 Å². The highest BCUT2D eigenvalue weighted by atomic mass is 32.1. The number of hydrogen-bond acceptors (Lipinski definition) is 5. The third kappa shape index (κ3) is 4.28. The molecule has 3 heterocycles. The number of likely N-dealkylation sites (tertiary alicyclic amines) is 1. The Morgan fingerprint density at radius 1 is 1.30 bits per heavy atom. The molecule has 0 bridgehead atoms. The van der Waals surface area contributed by atoms with Crippen LogP contribution in [0, 0.1) is 5.82 Å². The van der Waals surface area contributed by atoms with E-state index in [1.807, 2.05) is 35.7 Å². The second-order valence-corrected chi connectivity index (χ2v) is 8.80. The minimum atomic E-state index is -1.10. The highest BCUT2D eigenvalue weighted by molar-refractivity contribution is 7.10. The molecule has 1 aliphatic heterocycles. The Hall–Kier alpha value is -2.61. The van der Waals surface area contributed by atoms with E-state index in [0.717, 1.165) is 4.88 Å². The molecule has 156 valence electrons. The number of pyridine rings is 1. The van der Waals surface area contributed by atoms with Gasteiger partial charge in [0.2, 0.25) is 0 Å². The first-order valence-electron chi connectivity index (χ1n) is 9.90. The zero-order valence-electron chi connectivity index (χ0n) is 16.7. The molecule has 30 heavy (non-hydrogen) atoms. The number of carbonyl (C=O) groups is 1. The lowest BCUT2D eigenvalue weighted by atomic mass is 9.81. The normalized spacial score (nSPS) is 24.5. The van der Waals surface area contributed by atoms with Crippen molar-refractivity contribution in [3.8, 4) is 0 Å². The highest BCUT2D eigenvalue weighted by Gasteiger charge is 2.46. The summed E-state index contributed by atoms with van der Waals surface area (Å²) in [4.78, 5) is 19.9. The zero-order valence-corrected chi connectivity index (χ0v) is 17.5. The van der Waals surface area contributed by atoms with E-state index in [1.54, 1.807) is 42.7 Å². The molecule has 1 amide bonds. The van der Waals surface area contributed by atoms with Crippen molar-refractivity contribution in [1.82, 2.24) is 15.2 Å². The molecule has 1 fully saturated rings. The van der Waals surface area contributed by atoms with Crippen LogP contribution in [0.25, 0.3) is 0 Å². The van der Waals surface area contributed by atoms with Crippen molar-refractivity contribution in [2.75, 3.05) is 6.54 Å². The number of benzene rings is 1. The Bertz CT molecular complexity index is 995. The van der Waals surface area contributed by atoms with E-state index in [4.69, 9.17) is 0 Å². The van der Waals surface area contributed by atoms with Crippen LogP contribution < -0.4 is 5.32 Å². The maximum atomic E-state index is 14.3. The second kappa shape index (κ2) is 8.63. The lowest BCUT2D eigenvalue weighted by Gasteiger charge is -2.48. The fourth-order valence-electron chi connectivity index (χ4n) is 4.00. The fraction of sp³-hybridized carbons (Fsp3) is 0.304. The van der Waals surface area contributed by atoms with Crippen LogP contribution in [0.3, 0.4) is 0 Å². The highest BCUT2D eigenvalue weighted by Crippen LogP contribution is 2.39. The quantitative estimate of drug-likeness (QED) is 0.653. The largest absolute Gasteiger partial charge is 0.388 e. The molecule has 2 N–H and O–H groups in total. The number of halogens is 1. The fourth-order valence-corrected chi connectivity index (χ4v) is 4.89. The number of nitrogens with zero attached hydrogens (tertiary/aromatic N) is 2. The molecule has 0 saturated carbocycles. The first kappa shape index (κ1) is 20.7. The van der Waals surface area contributed by atoms with Crippen LogP contribution in [0.5, 0.6) is 0 Å². The average Bonchev–Trinajstić information content (AvgIpc) is 3.27. The summed E-state index contributed by atoms with van der Waals surface area (Å²) in [6.07, 6.45) is 3.25. The van der Waals surface area contributed by atoms with E-state index in [-0.39, 0.29) is 17.8 Å². The Morgan fingerprint density at radius 2 is 2.10 bits per heavy atom. The molecule has 0 radical (unpaired) electrons. The maximum absolute atomic E-state index is 14.3. The molecule has 1 aromatic carbocycles. The summed E-state index contributed by atoms with van der Waals surface area (Å²) in [5.41, 5.74) is -0.0244. The molecule has 0 aliphatic carbocycles. The molecule has 4 rings (SSSR count). The predicted octanol–water partition coefficient (Wildman–Crippen LogP) is 3.78. The standard InChI is InChI=1S/C23H24FN3O2S/c1-23(29)10-12-27(15-17-9-11-25-14-18(17)24)20(19-8-5-13-30-19)21(23)26-22(28)16-6-3-2-4-7-16/h2-9,11,13-14,20-21,29H,10,12,15H2,1H3,(H,26,28). The number of aliphatic hydroxyl groups is 1. The van der Waals surface area contributed by atoms with Crippen LogP contribution in [0.15, 0.2) is 66.3 Å². The van der Waals surface area contributed by atoms with Crippen LogP contribution in [0.2, 0.25) is 0 Å². The number of amides is 1. The Balaban J connectivity index is 1.67. The maximum Gasteiger partial charge on any atom is 0.251 e. The number of carbonyl (C=O) groups excluding carboxylic acids is 1. The predicted molar refractivity (Wildman–Crippen MR) is 115 cm³/mol. The van der Waals surface area contributed by atoms with Gasteiger partial charge in [0.15, 0.2) is 0 Å². The number of rotatable bonds is 5. The van der Waals surface area contributed by atoms with Crippen LogP contribution >= 0.6 is 11.3 Å². The lowest BCUT2D eigenvalue weighted by molar-refractivity contribution is -0.0658. The molecular weight excluding hydrogens is 401 g/mol. The summed E-state index contributed by atoms with van der Waals surface area (Å²) in [7, 11) is 0. The summed E-state index contributed by atoms with van der Waals surface area (Å²) in [5, 5.41) is 16.3. The van der Waals surface area contributed by atoms with Crippen molar-refractivity contribution >= 4 is 17.2 Å². The van der Waals surface area contributed by atoms with Crippen molar-refractivity contribution < 1.29 is 14.3 Å². The summed E-state index contributed by atoms with van der Waals surface area (Å²) < 4.78 is 14.3. The SMILES string of the molecule is CC1(O)CCN(Cc2ccncc2F)C(c2cccs2)C1NC(=O)c1ccccc1. The zero-order chi connectivity index (χ0) is 21.1. The van der Waals surface area contributed by atoms with E-state index in [1.165, 1.54) is 6.20 Å². The minimum absolute atomic E-state index is 0.237. The molecule has 3 atom stereocenters. The van der Waals surface area contributed by atoms with Gasteiger partial charge in [-0.05, 0) is 43.0 Å². The minimum Gasteiger partial charge on any atom is -0.388 e. The smallest absolute Gasteiger partial charge is 0.251 e. The van der Waals surface area contributed by atoms with E-state index < -0.39 is 11.6 Å². The van der Waals surface area contributed by atoms with Crippen LogP contribution in [-0.2, 0) is 6.54 Å². The molecule has 2 aromatic heterocycles. The molecule has 1 aliphatic rings. The van der Waals surface area contributed by atoms with Crippen molar-refractivity contribution in [3.63, 3.8) is 0 Å². The lowest BCUT2D eigenvalue weighted by Crippen LogP contribution is -2.62. The second-order valence-electron chi connectivity index (χ2n) is 7.82. The van der Waals surface area contributed by atoms with Crippen LogP contribution in [-0.4, -0.2) is 39.1 Å². The van der Waals surface area contributed by atoms with Gasteiger partial charge in [-0.1, -0.05) is 24.3 Å². The summed E-state index contributed by atoms with van der Waals surface area (Å²) in [6, 6.07) is 13.7. The van der Waals surface area contributed by atoms with Gasteiger partial charge in [-0.25, -0.2) is 4.39 Å². The Labute approximate surface area is 179 Å². The van der Waals surface area contributed by atoms with Gasteiger partial charge in [0.25, 0.3) is 5.91 Å². The summed E-state index contributed by atoms with van der Waals surface area (Å²) >= 11 is 1.57.